The number of amides is 2. The Hall–Kier alpha value is -2.24. The van der Waals surface area contributed by atoms with Gasteiger partial charge in [0.1, 0.15) is 6.04 Å². The minimum absolute atomic E-state index is 0.163. The van der Waals surface area contributed by atoms with Gasteiger partial charge in [-0.05, 0) is 31.9 Å². The molecule has 0 bridgehead atoms. The zero-order valence-corrected chi connectivity index (χ0v) is 15.3. The van der Waals surface area contributed by atoms with Crippen LogP contribution in [0.3, 0.4) is 0 Å². The van der Waals surface area contributed by atoms with Gasteiger partial charge in [0.25, 0.3) is 5.79 Å². The first-order valence-corrected chi connectivity index (χ1v) is 8.82. The smallest absolute Gasteiger partial charge is 0.251 e. The van der Waals surface area contributed by atoms with E-state index in [1.54, 1.807) is 19.1 Å². The first-order chi connectivity index (χ1) is 11.7. The Morgan fingerprint density at radius 3 is 2.40 bits per heavy atom. The number of hydrogen-bond donors (Lipinski definition) is 2. The number of nitrogens with one attached hydrogen (secondary N) is 2. The molecule has 1 fully saturated rings. The Kier molecular flexibility index (Phi) is 4.39. The predicted octanol–water partition coefficient (Wildman–Crippen LogP) is 3.22. The van der Waals surface area contributed by atoms with Crippen molar-refractivity contribution in [2.45, 2.75) is 65.2 Å². The summed E-state index contributed by atoms with van der Waals surface area (Å²) in [7, 11) is 0. The van der Waals surface area contributed by atoms with Crippen LogP contribution in [0.25, 0.3) is 0 Å². The minimum atomic E-state index is -0.627. The molecule has 6 nitrogen and oxygen atoms in total. The Balaban J connectivity index is 1.63. The third-order valence-corrected chi connectivity index (χ3v) is 4.59. The summed E-state index contributed by atoms with van der Waals surface area (Å²) < 4.78 is 12.0. The van der Waals surface area contributed by atoms with Crippen LogP contribution in [0.4, 0.5) is 5.69 Å². The molecule has 3 rings (SSSR count). The summed E-state index contributed by atoms with van der Waals surface area (Å²) >= 11 is 0. The molecule has 136 valence electrons. The van der Waals surface area contributed by atoms with Gasteiger partial charge in [0.05, 0.1) is 0 Å². The first-order valence-electron chi connectivity index (χ1n) is 8.82. The maximum absolute atomic E-state index is 12.3. The molecule has 1 aliphatic heterocycles. The van der Waals surface area contributed by atoms with E-state index in [2.05, 4.69) is 10.6 Å². The zero-order valence-electron chi connectivity index (χ0n) is 15.3. The van der Waals surface area contributed by atoms with Crippen LogP contribution in [-0.2, 0) is 9.59 Å². The molecule has 1 atom stereocenters. The predicted molar refractivity (Wildman–Crippen MR) is 94.6 cm³/mol. The molecule has 0 radical (unpaired) electrons. The molecule has 0 aromatic heterocycles. The van der Waals surface area contributed by atoms with Crippen molar-refractivity contribution in [3.05, 3.63) is 18.2 Å². The number of rotatable bonds is 3. The van der Waals surface area contributed by atoms with Crippen molar-refractivity contribution in [2.75, 3.05) is 5.32 Å². The molecule has 1 aromatic rings. The van der Waals surface area contributed by atoms with E-state index in [0.29, 0.717) is 17.2 Å². The van der Waals surface area contributed by atoms with E-state index >= 15 is 0 Å². The highest BCUT2D eigenvalue weighted by Crippen LogP contribution is 2.47. The highest BCUT2D eigenvalue weighted by Gasteiger charge is 2.44. The number of anilines is 1. The second-order valence-electron chi connectivity index (χ2n) is 7.92. The van der Waals surface area contributed by atoms with Gasteiger partial charge in [-0.3, -0.25) is 9.59 Å². The summed E-state index contributed by atoms with van der Waals surface area (Å²) in [5, 5.41) is 5.54. The minimum Gasteiger partial charge on any atom is -0.448 e. The zero-order chi connectivity index (χ0) is 18.2. The number of fused-ring (bicyclic) bond motifs is 1. The molecule has 1 spiro atoms. The largest absolute Gasteiger partial charge is 0.448 e. The quantitative estimate of drug-likeness (QED) is 0.881. The van der Waals surface area contributed by atoms with Crippen molar-refractivity contribution >= 4 is 17.5 Å². The number of carbonyl (C=O) groups is 2. The van der Waals surface area contributed by atoms with Crippen molar-refractivity contribution in [3.63, 3.8) is 0 Å². The Bertz CT molecular complexity index is 687. The fourth-order valence-corrected chi connectivity index (χ4v) is 3.02. The van der Waals surface area contributed by atoms with Crippen molar-refractivity contribution in [1.82, 2.24) is 5.32 Å². The Morgan fingerprint density at radius 2 is 1.76 bits per heavy atom. The van der Waals surface area contributed by atoms with Gasteiger partial charge >= 0.3 is 0 Å². The number of ether oxygens (including phenoxy) is 2. The van der Waals surface area contributed by atoms with Gasteiger partial charge in [-0.2, -0.15) is 0 Å². The maximum atomic E-state index is 12.3. The van der Waals surface area contributed by atoms with E-state index in [9.17, 15) is 9.59 Å². The Morgan fingerprint density at radius 1 is 1.12 bits per heavy atom. The first kappa shape index (κ1) is 17.6. The molecule has 1 unspecified atom stereocenters. The van der Waals surface area contributed by atoms with Crippen molar-refractivity contribution in [2.24, 2.45) is 5.41 Å². The average molecular weight is 346 g/mol. The van der Waals surface area contributed by atoms with Gasteiger partial charge in [-0.25, -0.2) is 0 Å². The van der Waals surface area contributed by atoms with Crippen LogP contribution in [0, 0.1) is 5.41 Å². The van der Waals surface area contributed by atoms with Crippen LogP contribution in [-0.4, -0.2) is 23.6 Å². The van der Waals surface area contributed by atoms with Crippen LogP contribution in [0.5, 0.6) is 11.5 Å². The second kappa shape index (κ2) is 6.24. The van der Waals surface area contributed by atoms with E-state index in [1.165, 1.54) is 0 Å². The third-order valence-electron chi connectivity index (χ3n) is 4.59. The molecule has 2 aliphatic rings. The lowest BCUT2D eigenvalue weighted by atomic mass is 9.95. The molecule has 6 heteroatoms. The van der Waals surface area contributed by atoms with Crippen LogP contribution >= 0.6 is 0 Å². The van der Waals surface area contributed by atoms with Crippen molar-refractivity contribution < 1.29 is 19.1 Å². The maximum Gasteiger partial charge on any atom is 0.251 e. The fraction of sp³-hybridized carbons (Fsp3) is 0.579. The lowest BCUT2D eigenvalue weighted by Crippen LogP contribution is -2.46. The highest BCUT2D eigenvalue weighted by molar-refractivity contribution is 5.97. The molecular formula is C19H26N2O4. The lowest BCUT2D eigenvalue weighted by molar-refractivity contribution is -0.131. The third kappa shape index (κ3) is 3.72. The molecule has 2 N–H and O–H groups in total. The molecule has 25 heavy (non-hydrogen) atoms. The molecular weight excluding hydrogens is 320 g/mol. The summed E-state index contributed by atoms with van der Waals surface area (Å²) in [6.45, 7) is 7.09. The molecule has 1 heterocycles. The molecule has 1 aliphatic carbocycles. The van der Waals surface area contributed by atoms with Crippen LogP contribution in [0.1, 0.15) is 53.4 Å². The van der Waals surface area contributed by atoms with Crippen LogP contribution < -0.4 is 20.1 Å². The van der Waals surface area contributed by atoms with Crippen LogP contribution in [0.2, 0.25) is 0 Å². The summed E-state index contributed by atoms with van der Waals surface area (Å²) in [5.41, 5.74) is 0.0855. The molecule has 0 saturated heterocycles. The summed E-state index contributed by atoms with van der Waals surface area (Å²) in [6, 6.07) is 4.75. The molecule has 1 aromatic carbocycles. The standard InChI is InChI=1S/C19H26N2O4/c1-12(20-17(23)18(2,3)4)16(22)21-13-7-8-14-15(11-13)25-19(24-14)9-5-6-10-19/h7-8,11-12H,5-6,9-10H2,1-4H3,(H,20,23)(H,21,22). The van der Waals surface area contributed by atoms with Gasteiger partial charge in [-0.15, -0.1) is 0 Å². The van der Waals surface area contributed by atoms with Crippen LogP contribution in [0.15, 0.2) is 18.2 Å². The number of hydrogen-bond acceptors (Lipinski definition) is 4. The van der Waals surface area contributed by atoms with E-state index in [0.717, 1.165) is 25.7 Å². The highest BCUT2D eigenvalue weighted by atomic mass is 16.7. The van der Waals surface area contributed by atoms with Gasteiger partial charge in [-0.1, -0.05) is 20.8 Å². The van der Waals surface area contributed by atoms with Gasteiger partial charge in [0.2, 0.25) is 11.8 Å². The topological polar surface area (TPSA) is 76.7 Å². The molecule has 1 saturated carbocycles. The normalized spacial score (nSPS) is 18.9. The lowest BCUT2D eigenvalue weighted by Gasteiger charge is -2.21. The van der Waals surface area contributed by atoms with E-state index in [1.807, 2.05) is 26.8 Å². The van der Waals surface area contributed by atoms with E-state index < -0.39 is 17.2 Å². The summed E-state index contributed by atoms with van der Waals surface area (Å²) in [4.78, 5) is 24.3. The van der Waals surface area contributed by atoms with Gasteiger partial charge < -0.3 is 20.1 Å². The molecule has 2 amide bonds. The van der Waals surface area contributed by atoms with E-state index in [4.69, 9.17) is 9.47 Å². The number of benzene rings is 1. The van der Waals surface area contributed by atoms with Gasteiger partial charge in [0, 0.05) is 30.0 Å². The van der Waals surface area contributed by atoms with Crippen molar-refractivity contribution in [3.8, 4) is 11.5 Å². The monoisotopic (exact) mass is 346 g/mol. The van der Waals surface area contributed by atoms with E-state index in [-0.39, 0.29) is 11.8 Å². The van der Waals surface area contributed by atoms with Gasteiger partial charge in [0.15, 0.2) is 11.5 Å². The summed E-state index contributed by atoms with van der Waals surface area (Å²) in [6.07, 6.45) is 3.98. The second-order valence-corrected chi connectivity index (χ2v) is 7.92. The average Bonchev–Trinajstić information content (AvgIpc) is 3.12. The SMILES string of the molecule is CC(NC(=O)C(C)(C)C)C(=O)Nc1ccc2c(c1)OC1(CCCC1)O2. The van der Waals surface area contributed by atoms with Crippen molar-refractivity contribution in [1.29, 1.82) is 0 Å². The fourth-order valence-electron chi connectivity index (χ4n) is 3.02. The summed E-state index contributed by atoms with van der Waals surface area (Å²) in [5.74, 6) is 0.426. The Labute approximate surface area is 148 Å². The number of carbonyl (C=O) groups excluding carboxylic acids is 2.